The van der Waals surface area contributed by atoms with Crippen LogP contribution in [0, 0.1) is 0 Å². The van der Waals surface area contributed by atoms with Crippen LogP contribution in [0.1, 0.15) is 17.3 Å². The van der Waals surface area contributed by atoms with Gasteiger partial charge in [0.1, 0.15) is 12.3 Å². The molecule has 132 valence electrons. The van der Waals surface area contributed by atoms with Gasteiger partial charge >= 0.3 is 0 Å². The summed E-state index contributed by atoms with van der Waals surface area (Å²) in [5.41, 5.74) is 0.860. The molecule has 1 N–H and O–H groups in total. The summed E-state index contributed by atoms with van der Waals surface area (Å²) in [7, 11) is 1.55. The van der Waals surface area contributed by atoms with Gasteiger partial charge in [-0.25, -0.2) is 0 Å². The Morgan fingerprint density at radius 1 is 1.16 bits per heavy atom. The van der Waals surface area contributed by atoms with Crippen LogP contribution in [0.25, 0.3) is 0 Å². The fourth-order valence-electron chi connectivity index (χ4n) is 2.24. The minimum Gasteiger partial charge on any atom is -0.497 e. The minimum atomic E-state index is -0.351. The number of nitrogens with zero attached hydrogens (tertiary/aromatic N) is 1. The lowest BCUT2D eigenvalue weighted by molar-refractivity contribution is -0.116. The van der Waals surface area contributed by atoms with Crippen molar-refractivity contribution in [2.45, 2.75) is 6.92 Å². The average molecular weight is 381 g/mol. The number of methoxy groups -OCH3 is 1. The lowest BCUT2D eigenvalue weighted by atomic mass is 10.2. The number of hydrogen-bond donors (Lipinski definition) is 1. The highest BCUT2D eigenvalue weighted by molar-refractivity contribution is 6.43. The van der Waals surface area contributed by atoms with Gasteiger partial charge in [0.2, 0.25) is 5.91 Å². The molecule has 2 aromatic carbocycles. The summed E-state index contributed by atoms with van der Waals surface area (Å²) in [6.45, 7) is 2.04. The summed E-state index contributed by atoms with van der Waals surface area (Å²) in [6, 6.07) is 11.8. The first kappa shape index (κ1) is 19.1. The van der Waals surface area contributed by atoms with Crippen molar-refractivity contribution >= 4 is 40.7 Å². The monoisotopic (exact) mass is 380 g/mol. The maximum absolute atomic E-state index is 12.6. The van der Waals surface area contributed by atoms with E-state index in [4.69, 9.17) is 27.9 Å². The zero-order valence-electron chi connectivity index (χ0n) is 13.9. The molecule has 2 amide bonds. The number of benzene rings is 2. The van der Waals surface area contributed by atoms with Gasteiger partial charge in [0.25, 0.3) is 5.91 Å². The molecule has 0 saturated carbocycles. The van der Waals surface area contributed by atoms with Crippen LogP contribution in [0.4, 0.5) is 5.69 Å². The third-order valence-electron chi connectivity index (χ3n) is 3.54. The third kappa shape index (κ3) is 4.87. The van der Waals surface area contributed by atoms with Gasteiger partial charge in [0.05, 0.1) is 22.7 Å². The SMILES string of the molecule is CCN(CC(=O)Nc1cccc(OC)c1)C(=O)c1cccc(Cl)c1Cl. The van der Waals surface area contributed by atoms with E-state index >= 15 is 0 Å². The smallest absolute Gasteiger partial charge is 0.255 e. The Kier molecular flexibility index (Phi) is 6.67. The molecule has 0 saturated heterocycles. The van der Waals surface area contributed by atoms with Gasteiger partial charge in [0.15, 0.2) is 0 Å². The summed E-state index contributed by atoms with van der Waals surface area (Å²) in [6.07, 6.45) is 0. The van der Waals surface area contributed by atoms with Crippen LogP contribution < -0.4 is 10.1 Å². The van der Waals surface area contributed by atoms with Crippen LogP contribution >= 0.6 is 23.2 Å². The largest absolute Gasteiger partial charge is 0.497 e. The van der Waals surface area contributed by atoms with Crippen LogP contribution in [-0.4, -0.2) is 36.9 Å². The van der Waals surface area contributed by atoms with Crippen LogP contribution in [0.5, 0.6) is 5.75 Å². The maximum Gasteiger partial charge on any atom is 0.255 e. The number of hydrogen-bond acceptors (Lipinski definition) is 3. The standard InChI is InChI=1S/C18H18Cl2N2O3/c1-3-22(18(24)14-8-5-9-15(19)17(14)20)11-16(23)21-12-6-4-7-13(10-12)25-2/h4-10H,3,11H2,1-2H3,(H,21,23). The Morgan fingerprint density at radius 2 is 1.88 bits per heavy atom. The van der Waals surface area contributed by atoms with E-state index in [1.54, 1.807) is 56.5 Å². The highest BCUT2D eigenvalue weighted by atomic mass is 35.5. The maximum atomic E-state index is 12.6. The second-order valence-electron chi connectivity index (χ2n) is 5.20. The van der Waals surface area contributed by atoms with Crippen molar-refractivity contribution in [3.8, 4) is 5.75 Å². The van der Waals surface area contributed by atoms with E-state index in [1.165, 1.54) is 4.90 Å². The van der Waals surface area contributed by atoms with E-state index in [9.17, 15) is 9.59 Å². The predicted molar refractivity (Wildman–Crippen MR) is 99.7 cm³/mol. The quantitative estimate of drug-likeness (QED) is 0.820. The molecule has 25 heavy (non-hydrogen) atoms. The Hall–Kier alpha value is -2.24. The van der Waals surface area contributed by atoms with E-state index in [0.29, 0.717) is 23.0 Å². The van der Waals surface area contributed by atoms with Gasteiger partial charge in [0, 0.05) is 18.3 Å². The van der Waals surface area contributed by atoms with E-state index in [1.807, 2.05) is 0 Å². The molecule has 5 nitrogen and oxygen atoms in total. The Bertz CT molecular complexity index is 781. The first-order chi connectivity index (χ1) is 12.0. The van der Waals surface area contributed by atoms with Gasteiger partial charge in [-0.05, 0) is 31.2 Å². The first-order valence-corrected chi connectivity index (χ1v) is 8.39. The zero-order chi connectivity index (χ0) is 18.4. The molecule has 0 aliphatic rings. The molecular weight excluding hydrogens is 363 g/mol. The zero-order valence-corrected chi connectivity index (χ0v) is 15.4. The van der Waals surface area contributed by atoms with Crippen molar-refractivity contribution < 1.29 is 14.3 Å². The summed E-state index contributed by atoms with van der Waals surface area (Å²) in [5.74, 6) is -0.0377. The lowest BCUT2D eigenvalue weighted by Crippen LogP contribution is -2.38. The third-order valence-corrected chi connectivity index (χ3v) is 4.36. The summed E-state index contributed by atoms with van der Waals surface area (Å²) < 4.78 is 5.12. The van der Waals surface area contributed by atoms with Crippen LogP contribution in [0.15, 0.2) is 42.5 Å². The van der Waals surface area contributed by atoms with E-state index in [2.05, 4.69) is 5.32 Å². The number of ether oxygens (including phenoxy) is 1. The van der Waals surface area contributed by atoms with Crippen LogP contribution in [-0.2, 0) is 4.79 Å². The fraction of sp³-hybridized carbons (Fsp3) is 0.222. The summed E-state index contributed by atoms with van der Waals surface area (Å²) in [4.78, 5) is 26.3. The molecule has 0 radical (unpaired) electrons. The van der Waals surface area contributed by atoms with Crippen molar-refractivity contribution in [3.05, 3.63) is 58.1 Å². The average Bonchev–Trinajstić information content (AvgIpc) is 2.61. The lowest BCUT2D eigenvalue weighted by Gasteiger charge is -2.21. The van der Waals surface area contributed by atoms with Gasteiger partial charge in [-0.15, -0.1) is 0 Å². The van der Waals surface area contributed by atoms with E-state index in [0.717, 1.165) is 0 Å². The number of amides is 2. The molecule has 0 fully saturated rings. The summed E-state index contributed by atoms with van der Waals surface area (Å²) in [5, 5.41) is 3.22. The molecule has 0 aliphatic heterocycles. The van der Waals surface area contributed by atoms with Gasteiger partial charge in [-0.3, -0.25) is 9.59 Å². The molecule has 0 aromatic heterocycles. The van der Waals surface area contributed by atoms with Crippen molar-refractivity contribution in [3.63, 3.8) is 0 Å². The topological polar surface area (TPSA) is 58.6 Å². The second-order valence-corrected chi connectivity index (χ2v) is 5.99. The number of anilines is 1. The molecule has 0 unspecified atom stereocenters. The first-order valence-electron chi connectivity index (χ1n) is 7.63. The summed E-state index contributed by atoms with van der Waals surface area (Å²) >= 11 is 12.0. The molecule has 0 bridgehead atoms. The fourth-order valence-corrected chi connectivity index (χ4v) is 2.62. The number of rotatable bonds is 6. The number of halogens is 2. The number of nitrogens with one attached hydrogen (secondary N) is 1. The Morgan fingerprint density at radius 3 is 2.56 bits per heavy atom. The Labute approximate surface area is 156 Å². The van der Waals surface area contributed by atoms with E-state index in [-0.39, 0.29) is 28.9 Å². The molecule has 0 spiro atoms. The Balaban J connectivity index is 2.09. The van der Waals surface area contributed by atoms with Crippen molar-refractivity contribution in [1.82, 2.24) is 4.90 Å². The molecule has 0 aliphatic carbocycles. The predicted octanol–water partition coefficient (Wildman–Crippen LogP) is 4.10. The molecular formula is C18H18Cl2N2O3. The van der Waals surface area contributed by atoms with Crippen molar-refractivity contribution in [2.75, 3.05) is 25.5 Å². The number of likely N-dealkylation sites (N-methyl/N-ethyl adjacent to an activating group) is 1. The van der Waals surface area contributed by atoms with Crippen molar-refractivity contribution in [1.29, 1.82) is 0 Å². The molecule has 2 aromatic rings. The molecule has 7 heteroatoms. The van der Waals surface area contributed by atoms with Crippen molar-refractivity contribution in [2.24, 2.45) is 0 Å². The van der Waals surface area contributed by atoms with Gasteiger partial charge < -0.3 is 15.0 Å². The number of carbonyl (C=O) groups excluding carboxylic acids is 2. The van der Waals surface area contributed by atoms with Crippen LogP contribution in [0.2, 0.25) is 10.0 Å². The highest BCUT2D eigenvalue weighted by Gasteiger charge is 2.20. The number of carbonyl (C=O) groups is 2. The highest BCUT2D eigenvalue weighted by Crippen LogP contribution is 2.26. The molecule has 0 heterocycles. The van der Waals surface area contributed by atoms with E-state index < -0.39 is 0 Å². The minimum absolute atomic E-state index is 0.102. The molecule has 2 rings (SSSR count). The van der Waals surface area contributed by atoms with Gasteiger partial charge in [-0.1, -0.05) is 35.3 Å². The molecule has 0 atom stereocenters. The normalized spacial score (nSPS) is 10.2. The van der Waals surface area contributed by atoms with Gasteiger partial charge in [-0.2, -0.15) is 0 Å². The van der Waals surface area contributed by atoms with Crippen LogP contribution in [0.3, 0.4) is 0 Å². The second kappa shape index (κ2) is 8.74.